The Hall–Kier alpha value is -1.26. The monoisotopic (exact) mass is 245 g/mol. The topological polar surface area (TPSA) is 66.8 Å². The van der Waals surface area contributed by atoms with E-state index >= 15 is 0 Å². The van der Waals surface area contributed by atoms with Crippen LogP contribution in [0.1, 0.15) is 41.0 Å². The average molecular weight is 245 g/mol. The van der Waals surface area contributed by atoms with E-state index in [0.717, 1.165) is 6.42 Å². The number of carbonyl (C=O) groups excluding carboxylic acids is 1. The van der Waals surface area contributed by atoms with Crippen molar-refractivity contribution in [3.63, 3.8) is 0 Å². The zero-order valence-corrected chi connectivity index (χ0v) is 10.0. The summed E-state index contributed by atoms with van der Waals surface area (Å²) in [5.41, 5.74) is -0.534. The second kappa shape index (κ2) is 5.89. The predicted octanol–water partition coefficient (Wildman–Crippen LogP) is 2.35. The molecule has 1 atom stereocenters. The third kappa shape index (κ3) is 5.06. The lowest BCUT2D eigenvalue weighted by atomic mass is 9.99. The molecule has 0 aliphatic carbocycles. The van der Waals surface area contributed by atoms with Crippen molar-refractivity contribution in [2.45, 2.75) is 46.6 Å². The molecule has 1 heterocycles. The number of carboxylic acids is 1. The summed E-state index contributed by atoms with van der Waals surface area (Å²) in [5, 5.41) is 8.89. The minimum absolute atomic E-state index is 0. The van der Waals surface area contributed by atoms with Gasteiger partial charge in [-0.05, 0) is 33.6 Å². The first-order valence-corrected chi connectivity index (χ1v) is 5.50. The van der Waals surface area contributed by atoms with Gasteiger partial charge < -0.3 is 14.7 Å². The number of nitrogens with zero attached hydrogens (tertiary/aromatic N) is 1. The highest BCUT2D eigenvalue weighted by atomic mass is 16.6. The van der Waals surface area contributed by atoms with E-state index in [1.807, 2.05) is 0 Å². The maximum absolute atomic E-state index is 11.7. The van der Waals surface area contributed by atoms with Crippen molar-refractivity contribution >= 4 is 12.1 Å². The van der Waals surface area contributed by atoms with Crippen LogP contribution in [0, 0.1) is 5.92 Å². The van der Waals surface area contributed by atoms with Gasteiger partial charge in [0, 0.05) is 13.1 Å². The van der Waals surface area contributed by atoms with E-state index in [4.69, 9.17) is 9.84 Å². The van der Waals surface area contributed by atoms with Crippen molar-refractivity contribution in [1.29, 1.82) is 0 Å². The van der Waals surface area contributed by atoms with Gasteiger partial charge in [-0.15, -0.1) is 0 Å². The Morgan fingerprint density at radius 1 is 1.35 bits per heavy atom. The molecule has 100 valence electrons. The van der Waals surface area contributed by atoms with Crippen molar-refractivity contribution in [2.24, 2.45) is 5.92 Å². The number of carboxylic acid groups (broad SMARTS) is 1. The van der Waals surface area contributed by atoms with E-state index in [9.17, 15) is 9.59 Å². The largest absolute Gasteiger partial charge is 0.481 e. The molecular formula is C12H23NO4. The molecule has 5 nitrogen and oxygen atoms in total. The van der Waals surface area contributed by atoms with Crippen LogP contribution in [-0.4, -0.2) is 40.8 Å². The molecule has 0 radical (unpaired) electrons. The lowest BCUT2D eigenvalue weighted by molar-refractivity contribution is -0.143. The summed E-state index contributed by atoms with van der Waals surface area (Å²) in [5.74, 6) is -1.30. The number of amides is 1. The van der Waals surface area contributed by atoms with E-state index in [1.165, 1.54) is 4.90 Å². The number of hydrogen-bond donors (Lipinski definition) is 1. The van der Waals surface area contributed by atoms with Crippen LogP contribution in [0.3, 0.4) is 0 Å². The minimum Gasteiger partial charge on any atom is -0.481 e. The van der Waals surface area contributed by atoms with Gasteiger partial charge in [0.2, 0.25) is 0 Å². The molecule has 0 aromatic rings. The fourth-order valence-corrected chi connectivity index (χ4v) is 1.67. The minimum atomic E-state index is -0.840. The summed E-state index contributed by atoms with van der Waals surface area (Å²) in [7, 11) is 0. The third-order valence-electron chi connectivity index (χ3n) is 2.42. The van der Waals surface area contributed by atoms with Crippen molar-refractivity contribution < 1.29 is 19.4 Å². The summed E-state index contributed by atoms with van der Waals surface area (Å²) in [4.78, 5) is 24.0. The van der Waals surface area contributed by atoms with E-state index in [-0.39, 0.29) is 14.0 Å². The fourth-order valence-electron chi connectivity index (χ4n) is 1.67. The van der Waals surface area contributed by atoms with E-state index in [2.05, 4.69) is 0 Å². The number of rotatable bonds is 1. The molecule has 1 unspecified atom stereocenters. The van der Waals surface area contributed by atoms with Gasteiger partial charge in [0.05, 0.1) is 5.92 Å². The third-order valence-corrected chi connectivity index (χ3v) is 2.42. The van der Waals surface area contributed by atoms with Gasteiger partial charge in [0.15, 0.2) is 0 Å². The molecule has 1 saturated heterocycles. The Morgan fingerprint density at radius 2 is 1.94 bits per heavy atom. The summed E-state index contributed by atoms with van der Waals surface area (Å²) in [6, 6.07) is 0. The van der Waals surface area contributed by atoms with Gasteiger partial charge in [-0.3, -0.25) is 4.79 Å². The van der Waals surface area contributed by atoms with Crippen molar-refractivity contribution in [1.82, 2.24) is 4.90 Å². The van der Waals surface area contributed by atoms with Crippen LogP contribution in [0.15, 0.2) is 0 Å². The average Bonchev–Trinajstić information content (AvgIpc) is 2.15. The zero-order valence-electron chi connectivity index (χ0n) is 10.0. The first kappa shape index (κ1) is 15.7. The Labute approximate surface area is 103 Å². The number of likely N-dealkylation sites (tertiary alicyclic amines) is 1. The fraction of sp³-hybridized carbons (Fsp3) is 0.833. The van der Waals surface area contributed by atoms with Gasteiger partial charge in [0.1, 0.15) is 5.60 Å². The number of piperidine rings is 1. The van der Waals surface area contributed by atoms with Gasteiger partial charge in [0.25, 0.3) is 0 Å². The van der Waals surface area contributed by atoms with Crippen molar-refractivity contribution in [3.05, 3.63) is 0 Å². The van der Waals surface area contributed by atoms with Crippen LogP contribution < -0.4 is 0 Å². The smallest absolute Gasteiger partial charge is 0.410 e. The lowest BCUT2D eigenvalue weighted by Gasteiger charge is -2.32. The molecule has 0 aromatic carbocycles. The molecule has 1 fully saturated rings. The summed E-state index contributed by atoms with van der Waals surface area (Å²) in [6.07, 6.45) is 0.934. The summed E-state index contributed by atoms with van der Waals surface area (Å²) >= 11 is 0. The van der Waals surface area contributed by atoms with Crippen molar-refractivity contribution in [3.8, 4) is 0 Å². The van der Waals surface area contributed by atoms with E-state index in [0.29, 0.717) is 13.0 Å². The standard InChI is InChI=1S/C11H19NO4.CH4/c1-11(2,3)16-10(15)12-6-4-5-8(7-12)9(13)14;/h8H,4-7H2,1-3H3,(H,13,14);1H4. The number of ether oxygens (including phenoxy) is 1. The molecule has 0 aromatic heterocycles. The Kier molecular flexibility index (Phi) is 5.45. The van der Waals surface area contributed by atoms with E-state index in [1.54, 1.807) is 20.8 Å². The second-order valence-electron chi connectivity index (χ2n) is 5.10. The molecule has 1 N–H and O–H groups in total. The molecule has 0 saturated carbocycles. The second-order valence-corrected chi connectivity index (χ2v) is 5.10. The number of aliphatic carboxylic acids is 1. The Bertz CT molecular complexity index is 283. The van der Waals surface area contributed by atoms with Crippen molar-refractivity contribution in [2.75, 3.05) is 13.1 Å². The number of hydrogen-bond acceptors (Lipinski definition) is 3. The van der Waals surface area contributed by atoms with Gasteiger partial charge in [-0.2, -0.15) is 0 Å². The first-order valence-electron chi connectivity index (χ1n) is 5.50. The number of carbonyl (C=O) groups is 2. The normalized spacial score (nSPS) is 20.4. The molecule has 1 aliphatic heterocycles. The maximum atomic E-state index is 11.7. The molecule has 1 aliphatic rings. The Morgan fingerprint density at radius 3 is 2.41 bits per heavy atom. The maximum Gasteiger partial charge on any atom is 0.410 e. The highest BCUT2D eigenvalue weighted by Crippen LogP contribution is 2.19. The SMILES string of the molecule is C.CC(C)(C)OC(=O)N1CCCC(C(=O)O)C1. The zero-order chi connectivity index (χ0) is 12.3. The molecule has 0 spiro atoms. The summed E-state index contributed by atoms with van der Waals surface area (Å²) < 4.78 is 5.20. The lowest BCUT2D eigenvalue weighted by Crippen LogP contribution is -2.44. The van der Waals surface area contributed by atoms with Crippen LogP contribution in [0.5, 0.6) is 0 Å². The highest BCUT2D eigenvalue weighted by Gasteiger charge is 2.30. The van der Waals surface area contributed by atoms with E-state index < -0.39 is 23.6 Å². The van der Waals surface area contributed by atoms with Gasteiger partial charge in [-0.1, -0.05) is 7.43 Å². The van der Waals surface area contributed by atoms with Crippen LogP contribution in [0.4, 0.5) is 4.79 Å². The van der Waals surface area contributed by atoms with Crippen LogP contribution in [0.25, 0.3) is 0 Å². The van der Waals surface area contributed by atoms with Crippen LogP contribution in [0.2, 0.25) is 0 Å². The molecular weight excluding hydrogens is 222 g/mol. The highest BCUT2D eigenvalue weighted by molar-refractivity contribution is 5.73. The molecule has 17 heavy (non-hydrogen) atoms. The molecule has 5 heteroatoms. The van der Waals surface area contributed by atoms with Crippen LogP contribution in [-0.2, 0) is 9.53 Å². The first-order chi connectivity index (χ1) is 7.29. The Balaban J connectivity index is 0.00000256. The summed E-state index contributed by atoms with van der Waals surface area (Å²) in [6.45, 7) is 6.22. The molecule has 1 rings (SSSR count). The molecule has 1 amide bonds. The van der Waals surface area contributed by atoms with Gasteiger partial charge >= 0.3 is 12.1 Å². The predicted molar refractivity (Wildman–Crippen MR) is 64.9 cm³/mol. The quantitative estimate of drug-likeness (QED) is 0.770. The molecule has 0 bridgehead atoms. The van der Waals surface area contributed by atoms with Crippen LogP contribution >= 0.6 is 0 Å². The van der Waals surface area contributed by atoms with Gasteiger partial charge in [-0.25, -0.2) is 4.79 Å².